The van der Waals surface area contributed by atoms with E-state index < -0.39 is 11.6 Å². The number of amides is 1. The van der Waals surface area contributed by atoms with Gasteiger partial charge in [-0.1, -0.05) is 0 Å². The van der Waals surface area contributed by atoms with Crippen LogP contribution in [0.15, 0.2) is 45.8 Å². The number of nitrogens with two attached hydrogens (primary N) is 1. The van der Waals surface area contributed by atoms with Gasteiger partial charge in [-0.2, -0.15) is 0 Å². The number of hydrogen-bond donors (Lipinski definition) is 2. The zero-order valence-electron chi connectivity index (χ0n) is 10.7. The first-order chi connectivity index (χ1) is 9.95. The van der Waals surface area contributed by atoms with Crippen LogP contribution in [0.5, 0.6) is 0 Å². The van der Waals surface area contributed by atoms with Crippen LogP contribution in [-0.2, 0) is 4.79 Å². The summed E-state index contributed by atoms with van der Waals surface area (Å²) in [5.41, 5.74) is 6.20. The van der Waals surface area contributed by atoms with Gasteiger partial charge in [0.1, 0.15) is 11.6 Å². The standard InChI is InChI=1S/C14H11BrF2N2OS/c15-10-6-9(18)2-4-13(10)21-7-14(20)19-12-3-1-8(16)5-11(12)17/h1-6H,7,18H2,(H,19,20). The molecule has 2 aromatic rings. The predicted molar refractivity (Wildman–Crippen MR) is 84.3 cm³/mol. The van der Waals surface area contributed by atoms with Gasteiger partial charge in [0.05, 0.1) is 11.4 Å². The average molecular weight is 373 g/mol. The molecule has 1 amide bonds. The van der Waals surface area contributed by atoms with Crippen LogP contribution < -0.4 is 11.1 Å². The van der Waals surface area contributed by atoms with E-state index in [1.807, 2.05) is 0 Å². The van der Waals surface area contributed by atoms with E-state index in [9.17, 15) is 13.6 Å². The lowest BCUT2D eigenvalue weighted by molar-refractivity contribution is -0.113. The highest BCUT2D eigenvalue weighted by molar-refractivity contribution is 9.10. The van der Waals surface area contributed by atoms with E-state index in [-0.39, 0.29) is 17.3 Å². The maximum Gasteiger partial charge on any atom is 0.234 e. The van der Waals surface area contributed by atoms with Gasteiger partial charge in [0.15, 0.2) is 0 Å². The Morgan fingerprint density at radius 3 is 2.67 bits per heavy atom. The summed E-state index contributed by atoms with van der Waals surface area (Å²) in [6.07, 6.45) is 0. The van der Waals surface area contributed by atoms with Crippen molar-refractivity contribution in [2.24, 2.45) is 0 Å². The van der Waals surface area contributed by atoms with Crippen molar-refractivity contribution < 1.29 is 13.6 Å². The van der Waals surface area contributed by atoms with Crippen molar-refractivity contribution in [3.63, 3.8) is 0 Å². The first kappa shape index (κ1) is 15.8. The highest BCUT2D eigenvalue weighted by atomic mass is 79.9. The van der Waals surface area contributed by atoms with Gasteiger partial charge in [-0.05, 0) is 46.3 Å². The van der Waals surface area contributed by atoms with Gasteiger partial charge >= 0.3 is 0 Å². The Kier molecular flexibility index (Phi) is 5.19. The van der Waals surface area contributed by atoms with Gasteiger partial charge in [-0.3, -0.25) is 4.79 Å². The topological polar surface area (TPSA) is 55.1 Å². The van der Waals surface area contributed by atoms with Crippen LogP contribution in [0.2, 0.25) is 0 Å². The SMILES string of the molecule is Nc1ccc(SCC(=O)Nc2ccc(F)cc2F)c(Br)c1. The number of nitrogens with one attached hydrogen (secondary N) is 1. The van der Waals surface area contributed by atoms with E-state index in [0.29, 0.717) is 5.69 Å². The van der Waals surface area contributed by atoms with Crippen molar-refractivity contribution in [3.8, 4) is 0 Å². The second kappa shape index (κ2) is 6.91. The number of halogens is 3. The minimum Gasteiger partial charge on any atom is -0.399 e. The van der Waals surface area contributed by atoms with Gasteiger partial charge in [-0.25, -0.2) is 8.78 Å². The normalized spacial score (nSPS) is 10.4. The second-order valence-electron chi connectivity index (χ2n) is 4.15. The van der Waals surface area contributed by atoms with Gasteiger partial charge < -0.3 is 11.1 Å². The number of carbonyl (C=O) groups excluding carboxylic acids is 1. The number of benzene rings is 2. The monoisotopic (exact) mass is 372 g/mol. The molecule has 2 aromatic carbocycles. The lowest BCUT2D eigenvalue weighted by Crippen LogP contribution is -2.15. The van der Waals surface area contributed by atoms with Crippen molar-refractivity contribution in [1.82, 2.24) is 0 Å². The molecule has 0 bridgehead atoms. The second-order valence-corrected chi connectivity index (χ2v) is 6.02. The molecular weight excluding hydrogens is 362 g/mol. The largest absolute Gasteiger partial charge is 0.399 e. The molecule has 0 saturated carbocycles. The minimum absolute atomic E-state index is 0.0432. The van der Waals surface area contributed by atoms with Crippen LogP contribution in [0.3, 0.4) is 0 Å². The lowest BCUT2D eigenvalue weighted by Gasteiger charge is -2.07. The first-order valence-electron chi connectivity index (χ1n) is 5.88. The molecule has 0 aliphatic rings. The molecule has 0 heterocycles. The molecule has 7 heteroatoms. The molecule has 110 valence electrons. The molecule has 0 spiro atoms. The molecule has 0 saturated heterocycles. The summed E-state index contributed by atoms with van der Waals surface area (Å²) in [7, 11) is 0. The highest BCUT2D eigenvalue weighted by Gasteiger charge is 2.09. The summed E-state index contributed by atoms with van der Waals surface area (Å²) in [4.78, 5) is 12.6. The van der Waals surface area contributed by atoms with Crippen molar-refractivity contribution in [1.29, 1.82) is 0 Å². The van der Waals surface area contributed by atoms with Crippen LogP contribution in [0.4, 0.5) is 20.2 Å². The average Bonchev–Trinajstić information content (AvgIpc) is 2.41. The third-order valence-corrected chi connectivity index (χ3v) is 4.51. The van der Waals surface area contributed by atoms with Gasteiger partial charge in [0.2, 0.25) is 5.91 Å². The highest BCUT2D eigenvalue weighted by Crippen LogP contribution is 2.29. The maximum absolute atomic E-state index is 13.4. The van der Waals surface area contributed by atoms with E-state index >= 15 is 0 Å². The summed E-state index contributed by atoms with van der Waals surface area (Å²) in [6.45, 7) is 0. The molecule has 0 aliphatic heterocycles. The Hall–Kier alpha value is -1.60. The molecular formula is C14H11BrF2N2OS. The van der Waals surface area contributed by atoms with E-state index in [0.717, 1.165) is 21.5 Å². The smallest absolute Gasteiger partial charge is 0.234 e. The van der Waals surface area contributed by atoms with E-state index in [1.54, 1.807) is 18.2 Å². The molecule has 3 nitrogen and oxygen atoms in total. The summed E-state index contributed by atoms with van der Waals surface area (Å²) in [5.74, 6) is -1.78. The quantitative estimate of drug-likeness (QED) is 0.628. The van der Waals surface area contributed by atoms with Gasteiger partial charge in [-0.15, -0.1) is 11.8 Å². The fourth-order valence-electron chi connectivity index (χ4n) is 1.55. The Bertz CT molecular complexity index is 682. The zero-order chi connectivity index (χ0) is 15.4. The third-order valence-electron chi connectivity index (χ3n) is 2.52. The number of nitrogen functional groups attached to an aromatic ring is 1. The van der Waals surface area contributed by atoms with Crippen LogP contribution in [0.25, 0.3) is 0 Å². The Morgan fingerprint density at radius 2 is 2.00 bits per heavy atom. The van der Waals surface area contributed by atoms with E-state index in [4.69, 9.17) is 5.73 Å². The summed E-state index contributed by atoms with van der Waals surface area (Å²) >= 11 is 4.63. The van der Waals surface area contributed by atoms with Crippen LogP contribution in [0.1, 0.15) is 0 Å². The van der Waals surface area contributed by atoms with E-state index in [1.165, 1.54) is 17.8 Å². The molecule has 0 fully saturated rings. The number of anilines is 2. The van der Waals surface area contributed by atoms with Crippen LogP contribution in [-0.4, -0.2) is 11.7 Å². The van der Waals surface area contributed by atoms with Crippen molar-refractivity contribution in [2.45, 2.75) is 4.90 Å². The molecule has 0 radical (unpaired) electrons. The number of rotatable bonds is 4. The molecule has 0 atom stereocenters. The van der Waals surface area contributed by atoms with Crippen molar-refractivity contribution in [3.05, 3.63) is 52.5 Å². The fraction of sp³-hybridized carbons (Fsp3) is 0.0714. The van der Waals surface area contributed by atoms with Crippen molar-refractivity contribution in [2.75, 3.05) is 16.8 Å². The first-order valence-corrected chi connectivity index (χ1v) is 7.66. The predicted octanol–water partition coefficient (Wildman–Crippen LogP) is 4.04. The third kappa shape index (κ3) is 4.44. The van der Waals surface area contributed by atoms with Gasteiger partial charge in [0, 0.05) is 21.1 Å². The molecule has 0 aliphatic carbocycles. The van der Waals surface area contributed by atoms with Crippen molar-refractivity contribution >= 4 is 45.0 Å². The van der Waals surface area contributed by atoms with E-state index in [2.05, 4.69) is 21.2 Å². The Labute approximate surface area is 133 Å². The Balaban J connectivity index is 1.96. The van der Waals surface area contributed by atoms with Crippen LogP contribution >= 0.6 is 27.7 Å². The van der Waals surface area contributed by atoms with Crippen LogP contribution in [0, 0.1) is 11.6 Å². The minimum atomic E-state index is -0.804. The van der Waals surface area contributed by atoms with Gasteiger partial charge in [0.25, 0.3) is 0 Å². The molecule has 2 rings (SSSR count). The maximum atomic E-state index is 13.4. The molecule has 0 unspecified atom stereocenters. The zero-order valence-corrected chi connectivity index (χ0v) is 13.1. The summed E-state index contributed by atoms with van der Waals surface area (Å²) in [5, 5.41) is 2.40. The number of hydrogen-bond acceptors (Lipinski definition) is 3. The lowest BCUT2D eigenvalue weighted by atomic mass is 10.3. The molecule has 21 heavy (non-hydrogen) atoms. The summed E-state index contributed by atoms with van der Waals surface area (Å²) < 4.78 is 26.9. The summed E-state index contributed by atoms with van der Waals surface area (Å²) in [6, 6.07) is 8.24. The Morgan fingerprint density at radius 1 is 1.24 bits per heavy atom. The fourth-order valence-corrected chi connectivity index (χ4v) is 3.01. The molecule has 3 N–H and O–H groups in total. The number of carbonyl (C=O) groups is 1. The number of thioether (sulfide) groups is 1. The molecule has 0 aromatic heterocycles.